The Hall–Kier alpha value is -3.07. The topological polar surface area (TPSA) is 104 Å². The number of hydrogen-bond acceptors (Lipinski definition) is 7. The first kappa shape index (κ1) is 19.7. The molecule has 28 heavy (non-hydrogen) atoms. The van der Waals surface area contributed by atoms with Gasteiger partial charge >= 0.3 is 0 Å². The van der Waals surface area contributed by atoms with E-state index >= 15 is 0 Å². The molecule has 0 fully saturated rings. The number of sulfone groups is 1. The number of carbonyl (C=O) groups excluding carboxylic acids is 1. The molecule has 0 unspecified atom stereocenters. The number of methoxy groups -OCH3 is 1. The van der Waals surface area contributed by atoms with E-state index in [1.165, 1.54) is 18.7 Å². The van der Waals surface area contributed by atoms with E-state index in [9.17, 15) is 13.2 Å². The molecule has 2 aromatic carbocycles. The van der Waals surface area contributed by atoms with Gasteiger partial charge in [0.2, 0.25) is 0 Å². The second-order valence-electron chi connectivity index (χ2n) is 6.32. The molecule has 0 saturated carbocycles. The Balaban J connectivity index is 1.96. The van der Waals surface area contributed by atoms with Crippen LogP contribution in [0.1, 0.15) is 40.8 Å². The van der Waals surface area contributed by atoms with Crippen molar-refractivity contribution in [2.45, 2.75) is 24.9 Å². The zero-order valence-corrected chi connectivity index (χ0v) is 16.5. The van der Waals surface area contributed by atoms with Crippen molar-refractivity contribution in [1.29, 1.82) is 0 Å². The van der Waals surface area contributed by atoms with Gasteiger partial charge in [0.25, 0.3) is 0 Å². The van der Waals surface area contributed by atoms with Crippen LogP contribution in [0.5, 0.6) is 5.75 Å². The molecule has 1 atom stereocenters. The number of tetrazole rings is 1. The van der Waals surface area contributed by atoms with E-state index in [-0.39, 0.29) is 17.4 Å². The fraction of sp³-hybridized carbons (Fsp3) is 0.263. The van der Waals surface area contributed by atoms with Crippen LogP contribution in [0.25, 0.3) is 5.69 Å². The van der Waals surface area contributed by atoms with Gasteiger partial charge in [0, 0.05) is 11.1 Å². The summed E-state index contributed by atoms with van der Waals surface area (Å²) in [5.41, 5.74) is 1.51. The van der Waals surface area contributed by atoms with Crippen molar-refractivity contribution in [3.63, 3.8) is 0 Å². The number of para-hydroxylation sites is 1. The fourth-order valence-corrected chi connectivity index (χ4v) is 4.19. The van der Waals surface area contributed by atoms with E-state index in [1.807, 2.05) is 18.2 Å². The van der Waals surface area contributed by atoms with Crippen molar-refractivity contribution in [3.8, 4) is 11.4 Å². The fourth-order valence-electron chi connectivity index (χ4n) is 2.81. The van der Waals surface area contributed by atoms with E-state index in [0.717, 1.165) is 0 Å². The normalized spacial score (nSPS) is 12.5. The van der Waals surface area contributed by atoms with Gasteiger partial charge in [-0.2, -0.15) is 4.68 Å². The minimum absolute atomic E-state index is 0.151. The van der Waals surface area contributed by atoms with Crippen LogP contribution >= 0.6 is 0 Å². The SMILES string of the molecule is COc1ccc(C(C)=O)cc1CS(=O)(=O)[C@H](C)c1nnnn1-c1ccccc1. The van der Waals surface area contributed by atoms with E-state index in [1.54, 1.807) is 37.3 Å². The van der Waals surface area contributed by atoms with E-state index in [0.29, 0.717) is 22.6 Å². The van der Waals surface area contributed by atoms with Gasteiger partial charge in [-0.15, -0.1) is 5.10 Å². The van der Waals surface area contributed by atoms with Gasteiger partial charge < -0.3 is 4.74 Å². The number of aromatic nitrogens is 4. The molecular weight excluding hydrogens is 380 g/mol. The van der Waals surface area contributed by atoms with Crippen LogP contribution in [0.2, 0.25) is 0 Å². The number of Topliss-reactive ketones (excluding diaryl/α,β-unsaturated/α-hetero) is 1. The smallest absolute Gasteiger partial charge is 0.174 e. The van der Waals surface area contributed by atoms with Gasteiger partial charge in [-0.1, -0.05) is 18.2 Å². The molecule has 1 heterocycles. The minimum atomic E-state index is -3.70. The van der Waals surface area contributed by atoms with E-state index in [4.69, 9.17) is 4.74 Å². The van der Waals surface area contributed by atoms with Crippen molar-refractivity contribution < 1.29 is 17.9 Å². The first-order valence-electron chi connectivity index (χ1n) is 8.56. The molecule has 0 N–H and O–H groups in total. The van der Waals surface area contributed by atoms with Gasteiger partial charge in [-0.3, -0.25) is 4.79 Å². The highest BCUT2D eigenvalue weighted by Crippen LogP contribution is 2.29. The van der Waals surface area contributed by atoms with Crippen LogP contribution in [0, 0.1) is 0 Å². The molecule has 3 aromatic rings. The van der Waals surface area contributed by atoms with Crippen LogP contribution < -0.4 is 4.74 Å². The Labute approximate surface area is 163 Å². The predicted molar refractivity (Wildman–Crippen MR) is 103 cm³/mol. The average molecular weight is 400 g/mol. The minimum Gasteiger partial charge on any atom is -0.496 e. The zero-order valence-electron chi connectivity index (χ0n) is 15.7. The average Bonchev–Trinajstić information content (AvgIpc) is 3.17. The summed E-state index contributed by atoms with van der Waals surface area (Å²) in [7, 11) is -2.24. The highest BCUT2D eigenvalue weighted by Gasteiger charge is 2.30. The highest BCUT2D eigenvalue weighted by molar-refractivity contribution is 7.90. The third kappa shape index (κ3) is 3.94. The summed E-state index contributed by atoms with van der Waals surface area (Å²) in [5, 5.41) is 10.5. The Morgan fingerprint density at radius 3 is 2.54 bits per heavy atom. The molecule has 146 valence electrons. The third-order valence-electron chi connectivity index (χ3n) is 4.44. The summed E-state index contributed by atoms with van der Waals surface area (Å²) < 4.78 is 32.8. The molecule has 9 heteroatoms. The van der Waals surface area contributed by atoms with Gasteiger partial charge in [-0.25, -0.2) is 8.42 Å². The predicted octanol–water partition coefficient (Wildman–Crippen LogP) is 2.55. The number of benzene rings is 2. The Morgan fingerprint density at radius 2 is 1.89 bits per heavy atom. The zero-order chi connectivity index (χ0) is 20.3. The highest BCUT2D eigenvalue weighted by atomic mass is 32.2. The molecular formula is C19H20N4O4S. The lowest BCUT2D eigenvalue weighted by Gasteiger charge is -2.15. The standard InChI is InChI=1S/C19H20N4O4S/c1-13(24)15-9-10-18(27-3)16(11-15)12-28(25,26)14(2)19-20-21-22-23(19)17-7-5-4-6-8-17/h4-11,14H,12H2,1-3H3/t14-/m1/s1. The van der Waals surface area contributed by atoms with Crippen molar-refractivity contribution in [2.75, 3.05) is 7.11 Å². The van der Waals surface area contributed by atoms with Gasteiger partial charge in [0.05, 0.1) is 18.6 Å². The number of ketones is 1. The summed E-state index contributed by atoms with van der Waals surface area (Å²) >= 11 is 0. The van der Waals surface area contributed by atoms with E-state index in [2.05, 4.69) is 15.5 Å². The number of ether oxygens (including phenoxy) is 1. The van der Waals surface area contributed by atoms with Crippen LogP contribution in [0.4, 0.5) is 0 Å². The summed E-state index contributed by atoms with van der Waals surface area (Å²) in [6.07, 6.45) is 0. The van der Waals surface area contributed by atoms with Crippen LogP contribution in [0.3, 0.4) is 0 Å². The molecule has 0 bridgehead atoms. The third-order valence-corrected chi connectivity index (χ3v) is 6.44. The van der Waals surface area contributed by atoms with Crippen molar-refractivity contribution >= 4 is 15.6 Å². The van der Waals surface area contributed by atoms with Crippen molar-refractivity contribution in [2.24, 2.45) is 0 Å². The lowest BCUT2D eigenvalue weighted by Crippen LogP contribution is -2.18. The molecule has 3 rings (SSSR count). The maximum absolute atomic E-state index is 13.1. The summed E-state index contributed by atoms with van der Waals surface area (Å²) in [5.74, 6) is 0.166. The molecule has 0 aliphatic heterocycles. The molecule has 0 aliphatic rings. The monoisotopic (exact) mass is 400 g/mol. The summed E-state index contributed by atoms with van der Waals surface area (Å²) in [6, 6.07) is 13.8. The van der Waals surface area contributed by atoms with E-state index < -0.39 is 15.1 Å². The summed E-state index contributed by atoms with van der Waals surface area (Å²) in [6.45, 7) is 2.97. The molecule has 0 saturated heterocycles. The van der Waals surface area contributed by atoms with Gasteiger partial charge in [0.15, 0.2) is 21.4 Å². The quantitative estimate of drug-likeness (QED) is 0.561. The van der Waals surface area contributed by atoms with Crippen LogP contribution in [-0.4, -0.2) is 41.5 Å². The first-order chi connectivity index (χ1) is 13.3. The molecule has 0 amide bonds. The Morgan fingerprint density at radius 1 is 1.18 bits per heavy atom. The number of rotatable bonds is 7. The molecule has 0 spiro atoms. The van der Waals surface area contributed by atoms with Crippen molar-refractivity contribution in [3.05, 3.63) is 65.5 Å². The van der Waals surface area contributed by atoms with Gasteiger partial charge in [-0.05, 0) is 54.6 Å². The first-order valence-corrected chi connectivity index (χ1v) is 10.3. The number of hydrogen-bond donors (Lipinski definition) is 0. The number of nitrogens with zero attached hydrogens (tertiary/aromatic N) is 4. The number of carbonyl (C=O) groups is 1. The second-order valence-corrected chi connectivity index (χ2v) is 8.64. The van der Waals surface area contributed by atoms with Crippen molar-refractivity contribution in [1.82, 2.24) is 20.2 Å². The Kier molecular flexibility index (Phi) is 5.55. The molecule has 0 radical (unpaired) electrons. The lowest BCUT2D eigenvalue weighted by atomic mass is 10.1. The molecule has 1 aromatic heterocycles. The summed E-state index contributed by atoms with van der Waals surface area (Å²) in [4.78, 5) is 11.7. The van der Waals surface area contributed by atoms with Crippen LogP contribution in [-0.2, 0) is 15.6 Å². The second kappa shape index (κ2) is 7.89. The Bertz CT molecular complexity index is 1090. The maximum Gasteiger partial charge on any atom is 0.174 e. The molecule has 0 aliphatic carbocycles. The van der Waals surface area contributed by atoms with Gasteiger partial charge in [0.1, 0.15) is 11.0 Å². The van der Waals surface area contributed by atoms with Crippen LogP contribution in [0.15, 0.2) is 48.5 Å². The molecule has 8 nitrogen and oxygen atoms in total. The lowest BCUT2D eigenvalue weighted by molar-refractivity contribution is 0.101. The maximum atomic E-state index is 13.1. The largest absolute Gasteiger partial charge is 0.496 e.